The third kappa shape index (κ3) is 4.84. The number of rotatable bonds is 5. The summed E-state index contributed by atoms with van der Waals surface area (Å²) in [6, 6.07) is 27.0. The second kappa shape index (κ2) is 8.70. The Hall–Kier alpha value is -2.30. The van der Waals surface area contributed by atoms with Crippen molar-refractivity contribution in [3.8, 4) is 11.1 Å². The smallest absolute Gasteiger partial charge is 0.171 e. The molecule has 3 aromatic rings. The van der Waals surface area contributed by atoms with E-state index in [-0.39, 0.29) is 0 Å². The van der Waals surface area contributed by atoms with E-state index < -0.39 is 0 Å². The molecule has 0 aromatic heterocycles. The molecule has 0 unspecified atom stereocenters. The van der Waals surface area contributed by atoms with E-state index in [4.69, 9.17) is 12.2 Å². The molecule has 0 saturated heterocycles. The number of hydrogen-bond donors (Lipinski definition) is 2. The lowest BCUT2D eigenvalue weighted by Gasteiger charge is -2.14. The van der Waals surface area contributed by atoms with Crippen LogP contribution in [-0.4, -0.2) is 11.4 Å². The van der Waals surface area contributed by atoms with Gasteiger partial charge >= 0.3 is 0 Å². The lowest BCUT2D eigenvalue weighted by atomic mass is 10.0. The van der Waals surface area contributed by atoms with Crippen LogP contribution in [0.4, 0.5) is 5.69 Å². The molecule has 0 aliphatic heterocycles. The largest absolute Gasteiger partial charge is 0.358 e. The number of nitrogens with one attached hydrogen (secondary N) is 2. The van der Waals surface area contributed by atoms with Crippen molar-refractivity contribution in [3.05, 3.63) is 84.4 Å². The van der Waals surface area contributed by atoms with E-state index in [0.29, 0.717) is 11.7 Å². The second-order valence-electron chi connectivity index (χ2n) is 5.57. The van der Waals surface area contributed by atoms with E-state index in [9.17, 15) is 0 Å². The predicted molar refractivity (Wildman–Crippen MR) is 113 cm³/mol. The number of benzene rings is 3. The molecule has 3 rings (SSSR count). The van der Waals surface area contributed by atoms with Crippen molar-refractivity contribution in [3.63, 3.8) is 0 Å². The molecule has 0 atom stereocenters. The van der Waals surface area contributed by atoms with Crippen LogP contribution in [0.1, 0.15) is 5.56 Å². The molecule has 0 radical (unpaired) electrons. The maximum atomic E-state index is 5.47. The number of thioether (sulfide) groups is 1. The van der Waals surface area contributed by atoms with Crippen molar-refractivity contribution in [1.29, 1.82) is 0 Å². The summed E-state index contributed by atoms with van der Waals surface area (Å²) < 4.78 is 0. The molecule has 0 amide bonds. The fraction of sp³-hybridized carbons (Fsp3) is 0.0952. The van der Waals surface area contributed by atoms with Gasteiger partial charge in [0.1, 0.15) is 0 Å². The molecule has 0 saturated carbocycles. The average molecular weight is 365 g/mol. The summed E-state index contributed by atoms with van der Waals surface area (Å²) in [6.07, 6.45) is 2.08. The highest BCUT2D eigenvalue weighted by molar-refractivity contribution is 7.98. The van der Waals surface area contributed by atoms with E-state index in [1.807, 2.05) is 36.4 Å². The summed E-state index contributed by atoms with van der Waals surface area (Å²) in [5.41, 5.74) is 4.51. The fourth-order valence-corrected chi connectivity index (χ4v) is 3.14. The predicted octanol–water partition coefficient (Wildman–Crippen LogP) is 5.56. The maximum absolute atomic E-state index is 5.47. The Bertz CT molecular complexity index is 830. The van der Waals surface area contributed by atoms with Crippen molar-refractivity contribution in [2.75, 3.05) is 11.6 Å². The molecule has 0 bridgehead atoms. The Balaban J connectivity index is 1.65. The summed E-state index contributed by atoms with van der Waals surface area (Å²) in [4.78, 5) is 1.27. The van der Waals surface area contributed by atoms with Crippen LogP contribution >= 0.6 is 24.0 Å². The highest BCUT2D eigenvalue weighted by atomic mass is 32.2. The number of anilines is 1. The molecule has 0 aliphatic carbocycles. The van der Waals surface area contributed by atoms with E-state index in [0.717, 1.165) is 11.3 Å². The molecular weight excluding hydrogens is 344 g/mol. The van der Waals surface area contributed by atoms with E-state index in [1.54, 1.807) is 11.8 Å². The van der Waals surface area contributed by atoms with Gasteiger partial charge in [0, 0.05) is 22.7 Å². The zero-order valence-electron chi connectivity index (χ0n) is 14.0. The number of thiocarbonyl (C=S) groups is 1. The normalized spacial score (nSPS) is 10.3. The van der Waals surface area contributed by atoms with Gasteiger partial charge in [0.15, 0.2) is 5.11 Å². The molecular formula is C21H20N2S2. The minimum Gasteiger partial charge on any atom is -0.358 e. The average Bonchev–Trinajstić information content (AvgIpc) is 2.68. The first-order chi connectivity index (χ1) is 12.3. The lowest BCUT2D eigenvalue weighted by molar-refractivity contribution is 0.924. The van der Waals surface area contributed by atoms with Gasteiger partial charge in [-0.2, -0.15) is 0 Å². The topological polar surface area (TPSA) is 24.1 Å². The molecule has 25 heavy (non-hydrogen) atoms. The van der Waals surface area contributed by atoms with Crippen molar-refractivity contribution in [2.24, 2.45) is 0 Å². The zero-order chi connectivity index (χ0) is 17.5. The standard InChI is InChI=1S/C21H20N2S2/c1-25-18-13-11-16(12-14-18)15-22-21(24)23-20-10-6-5-9-19(20)17-7-3-2-4-8-17/h2-14H,15H2,1H3,(H2,22,23,24). The minimum absolute atomic E-state index is 0.623. The maximum Gasteiger partial charge on any atom is 0.171 e. The van der Waals surface area contributed by atoms with Crippen LogP contribution in [-0.2, 0) is 6.54 Å². The van der Waals surface area contributed by atoms with Crippen LogP contribution < -0.4 is 10.6 Å². The first-order valence-electron chi connectivity index (χ1n) is 8.08. The van der Waals surface area contributed by atoms with Gasteiger partial charge < -0.3 is 10.6 Å². The van der Waals surface area contributed by atoms with Crippen LogP contribution in [0.25, 0.3) is 11.1 Å². The Morgan fingerprint density at radius 1 is 0.880 bits per heavy atom. The molecule has 0 heterocycles. The van der Waals surface area contributed by atoms with Crippen molar-refractivity contribution >= 4 is 34.8 Å². The monoisotopic (exact) mass is 364 g/mol. The SMILES string of the molecule is CSc1ccc(CNC(=S)Nc2ccccc2-c2ccccc2)cc1. The first-order valence-corrected chi connectivity index (χ1v) is 9.72. The highest BCUT2D eigenvalue weighted by Gasteiger charge is 2.05. The Morgan fingerprint density at radius 2 is 1.56 bits per heavy atom. The summed E-state index contributed by atoms with van der Waals surface area (Å²) in [5.74, 6) is 0. The number of para-hydroxylation sites is 1. The van der Waals surface area contributed by atoms with E-state index in [2.05, 4.69) is 59.4 Å². The molecule has 4 heteroatoms. The first kappa shape index (κ1) is 17.5. The molecule has 0 spiro atoms. The third-order valence-corrected chi connectivity index (χ3v) is 4.86. The summed E-state index contributed by atoms with van der Waals surface area (Å²) in [6.45, 7) is 0.702. The van der Waals surface area contributed by atoms with Crippen LogP contribution in [0.5, 0.6) is 0 Å². The van der Waals surface area contributed by atoms with Crippen LogP contribution in [0, 0.1) is 0 Å². The van der Waals surface area contributed by atoms with Gasteiger partial charge in [0.05, 0.1) is 0 Å². The van der Waals surface area contributed by atoms with Crippen LogP contribution in [0.15, 0.2) is 83.8 Å². The summed E-state index contributed by atoms with van der Waals surface area (Å²) in [5, 5.41) is 7.22. The second-order valence-corrected chi connectivity index (χ2v) is 6.86. The van der Waals surface area contributed by atoms with E-state index in [1.165, 1.54) is 16.0 Å². The third-order valence-electron chi connectivity index (χ3n) is 3.87. The van der Waals surface area contributed by atoms with Gasteiger partial charge in [-0.15, -0.1) is 11.8 Å². The van der Waals surface area contributed by atoms with E-state index >= 15 is 0 Å². The Labute approximate surface area is 158 Å². The summed E-state index contributed by atoms with van der Waals surface area (Å²) in [7, 11) is 0. The van der Waals surface area contributed by atoms with Crippen molar-refractivity contribution in [2.45, 2.75) is 11.4 Å². The molecule has 0 aliphatic rings. The van der Waals surface area contributed by atoms with Crippen molar-refractivity contribution < 1.29 is 0 Å². The Morgan fingerprint density at radius 3 is 2.28 bits per heavy atom. The lowest BCUT2D eigenvalue weighted by Crippen LogP contribution is -2.28. The molecule has 2 nitrogen and oxygen atoms in total. The molecule has 0 fully saturated rings. The zero-order valence-corrected chi connectivity index (χ0v) is 15.7. The van der Waals surface area contributed by atoms with Crippen LogP contribution in [0.2, 0.25) is 0 Å². The van der Waals surface area contributed by atoms with Gasteiger partial charge in [-0.05, 0) is 47.8 Å². The van der Waals surface area contributed by atoms with Gasteiger partial charge in [-0.3, -0.25) is 0 Å². The fourth-order valence-electron chi connectivity index (χ4n) is 2.55. The number of hydrogen-bond acceptors (Lipinski definition) is 2. The van der Waals surface area contributed by atoms with Crippen LogP contribution in [0.3, 0.4) is 0 Å². The quantitative estimate of drug-likeness (QED) is 0.457. The van der Waals surface area contributed by atoms with Gasteiger partial charge in [-0.1, -0.05) is 60.7 Å². The highest BCUT2D eigenvalue weighted by Crippen LogP contribution is 2.27. The Kier molecular flexibility index (Phi) is 6.09. The van der Waals surface area contributed by atoms with Gasteiger partial charge in [0.25, 0.3) is 0 Å². The summed E-state index contributed by atoms with van der Waals surface area (Å²) >= 11 is 7.21. The molecule has 2 N–H and O–H groups in total. The molecule has 126 valence electrons. The molecule has 3 aromatic carbocycles. The van der Waals surface area contributed by atoms with Gasteiger partial charge in [0.2, 0.25) is 0 Å². The minimum atomic E-state index is 0.623. The van der Waals surface area contributed by atoms with Gasteiger partial charge in [-0.25, -0.2) is 0 Å². The van der Waals surface area contributed by atoms with Crippen molar-refractivity contribution in [1.82, 2.24) is 5.32 Å².